The molecule has 0 saturated heterocycles. The first-order valence-electron chi connectivity index (χ1n) is 6.29. The first-order valence-corrected chi connectivity index (χ1v) is 6.29. The Morgan fingerprint density at radius 1 is 1.35 bits per heavy atom. The van der Waals surface area contributed by atoms with Crippen molar-refractivity contribution in [2.24, 2.45) is 0 Å². The van der Waals surface area contributed by atoms with E-state index < -0.39 is 0 Å². The van der Waals surface area contributed by atoms with Gasteiger partial charge in [-0.2, -0.15) is 0 Å². The maximum absolute atomic E-state index is 5.62. The fraction of sp³-hybridized carbons (Fsp3) is 0.571. The molecule has 0 spiro atoms. The number of hydrogen-bond donors (Lipinski definition) is 1. The van der Waals surface area contributed by atoms with Crippen molar-refractivity contribution in [2.45, 2.75) is 32.6 Å². The molecule has 0 aliphatic carbocycles. The minimum atomic E-state index is 0.271. The lowest BCUT2D eigenvalue weighted by atomic mass is 10.0. The van der Waals surface area contributed by atoms with Crippen molar-refractivity contribution in [3.05, 3.63) is 34.9 Å². The number of hydrogen-bond acceptors (Lipinski definition) is 3. The van der Waals surface area contributed by atoms with E-state index in [1.54, 1.807) is 0 Å². The molecule has 0 bridgehead atoms. The lowest BCUT2D eigenvalue weighted by Crippen LogP contribution is -2.22. The van der Waals surface area contributed by atoms with Crippen molar-refractivity contribution in [1.29, 1.82) is 0 Å². The highest BCUT2D eigenvalue weighted by atomic mass is 16.5. The van der Waals surface area contributed by atoms with Gasteiger partial charge in [-0.25, -0.2) is 0 Å². The number of likely N-dealkylation sites (N-methyl/N-ethyl adjacent to an activating group) is 1. The van der Waals surface area contributed by atoms with Gasteiger partial charge in [0.05, 0.1) is 25.9 Å². The third-order valence-electron chi connectivity index (χ3n) is 3.13. The molecule has 1 aliphatic heterocycles. The van der Waals surface area contributed by atoms with Crippen LogP contribution in [0.5, 0.6) is 0 Å². The molecular formula is C14H21NO2. The summed E-state index contributed by atoms with van der Waals surface area (Å²) in [6.07, 6.45) is 1.06. The lowest BCUT2D eigenvalue weighted by Gasteiger charge is -2.17. The van der Waals surface area contributed by atoms with E-state index in [1.165, 1.54) is 16.7 Å². The smallest absolute Gasteiger partial charge is 0.0725 e. The Bertz CT molecular complexity index is 365. The summed E-state index contributed by atoms with van der Waals surface area (Å²) in [4.78, 5) is 0. The van der Waals surface area contributed by atoms with Crippen molar-refractivity contribution in [3.8, 4) is 0 Å². The number of benzene rings is 1. The van der Waals surface area contributed by atoms with Crippen molar-refractivity contribution < 1.29 is 9.47 Å². The molecule has 1 aromatic carbocycles. The Morgan fingerprint density at radius 3 is 2.94 bits per heavy atom. The predicted octanol–water partition coefficient (Wildman–Crippen LogP) is 2.40. The van der Waals surface area contributed by atoms with E-state index >= 15 is 0 Å². The Balaban J connectivity index is 2.03. The van der Waals surface area contributed by atoms with Gasteiger partial charge in [-0.3, -0.25) is 0 Å². The van der Waals surface area contributed by atoms with E-state index in [9.17, 15) is 0 Å². The summed E-state index contributed by atoms with van der Waals surface area (Å²) >= 11 is 0. The van der Waals surface area contributed by atoms with E-state index in [-0.39, 0.29) is 6.04 Å². The summed E-state index contributed by atoms with van der Waals surface area (Å²) in [5.41, 5.74) is 3.92. The SMILES string of the molecule is CCCOCC(NC)c1ccc2c(c1)COC2. The van der Waals surface area contributed by atoms with Gasteiger partial charge >= 0.3 is 0 Å². The molecule has 0 aromatic heterocycles. The van der Waals surface area contributed by atoms with Gasteiger partial charge in [-0.05, 0) is 30.2 Å². The minimum absolute atomic E-state index is 0.271. The van der Waals surface area contributed by atoms with Gasteiger partial charge in [0.25, 0.3) is 0 Å². The number of fused-ring (bicyclic) bond motifs is 1. The zero-order chi connectivity index (χ0) is 12.1. The fourth-order valence-electron chi connectivity index (χ4n) is 2.10. The third-order valence-corrected chi connectivity index (χ3v) is 3.13. The molecule has 2 rings (SSSR count). The van der Waals surface area contributed by atoms with Gasteiger partial charge in [-0.15, -0.1) is 0 Å². The zero-order valence-electron chi connectivity index (χ0n) is 10.7. The highest BCUT2D eigenvalue weighted by molar-refractivity contribution is 5.34. The van der Waals surface area contributed by atoms with Gasteiger partial charge in [0.1, 0.15) is 0 Å². The van der Waals surface area contributed by atoms with Gasteiger partial charge in [0, 0.05) is 6.61 Å². The molecule has 0 fully saturated rings. The molecule has 0 saturated carbocycles. The molecule has 1 unspecified atom stereocenters. The molecule has 1 aliphatic rings. The summed E-state index contributed by atoms with van der Waals surface area (Å²) in [7, 11) is 1.98. The highest BCUT2D eigenvalue weighted by Crippen LogP contribution is 2.24. The summed E-state index contributed by atoms with van der Waals surface area (Å²) in [6.45, 7) is 5.18. The molecule has 3 nitrogen and oxygen atoms in total. The molecule has 3 heteroatoms. The predicted molar refractivity (Wildman–Crippen MR) is 67.8 cm³/mol. The summed E-state index contributed by atoms with van der Waals surface area (Å²) in [5, 5.41) is 3.30. The number of nitrogens with one attached hydrogen (secondary N) is 1. The van der Waals surface area contributed by atoms with E-state index in [2.05, 4.69) is 30.4 Å². The van der Waals surface area contributed by atoms with E-state index in [0.717, 1.165) is 32.8 Å². The average molecular weight is 235 g/mol. The van der Waals surface area contributed by atoms with Crippen LogP contribution in [0.1, 0.15) is 36.1 Å². The molecule has 17 heavy (non-hydrogen) atoms. The Hall–Kier alpha value is -0.900. The van der Waals surface area contributed by atoms with Crippen molar-refractivity contribution in [1.82, 2.24) is 5.32 Å². The maximum atomic E-state index is 5.62. The number of rotatable bonds is 6. The topological polar surface area (TPSA) is 30.5 Å². The summed E-state index contributed by atoms with van der Waals surface area (Å²) < 4.78 is 11.0. The lowest BCUT2D eigenvalue weighted by molar-refractivity contribution is 0.114. The number of ether oxygens (including phenoxy) is 2. The molecule has 1 N–H and O–H groups in total. The second-order valence-electron chi connectivity index (χ2n) is 4.44. The van der Waals surface area contributed by atoms with Crippen LogP contribution in [-0.2, 0) is 22.7 Å². The van der Waals surface area contributed by atoms with Crippen molar-refractivity contribution in [3.63, 3.8) is 0 Å². The first kappa shape index (κ1) is 12.6. The fourth-order valence-corrected chi connectivity index (χ4v) is 2.10. The van der Waals surface area contributed by atoms with Gasteiger partial charge < -0.3 is 14.8 Å². The van der Waals surface area contributed by atoms with Crippen LogP contribution >= 0.6 is 0 Å². The van der Waals surface area contributed by atoms with Crippen LogP contribution in [0.2, 0.25) is 0 Å². The zero-order valence-corrected chi connectivity index (χ0v) is 10.7. The van der Waals surface area contributed by atoms with Crippen LogP contribution in [0.4, 0.5) is 0 Å². The first-order chi connectivity index (χ1) is 8.35. The van der Waals surface area contributed by atoms with Crippen molar-refractivity contribution >= 4 is 0 Å². The van der Waals surface area contributed by atoms with E-state index in [1.807, 2.05) is 7.05 Å². The minimum Gasteiger partial charge on any atom is -0.379 e. The summed E-state index contributed by atoms with van der Waals surface area (Å²) in [5.74, 6) is 0. The normalized spacial score (nSPS) is 15.9. The monoisotopic (exact) mass is 235 g/mol. The molecule has 1 heterocycles. The molecule has 94 valence electrons. The molecule has 1 aromatic rings. The molecule has 0 radical (unpaired) electrons. The molecular weight excluding hydrogens is 214 g/mol. The maximum Gasteiger partial charge on any atom is 0.0725 e. The summed E-state index contributed by atoms with van der Waals surface area (Å²) in [6, 6.07) is 6.84. The van der Waals surface area contributed by atoms with Gasteiger partial charge in [0.15, 0.2) is 0 Å². The Morgan fingerprint density at radius 2 is 2.18 bits per heavy atom. The second-order valence-corrected chi connectivity index (χ2v) is 4.44. The third kappa shape index (κ3) is 3.06. The second kappa shape index (κ2) is 6.15. The van der Waals surface area contributed by atoms with Gasteiger partial charge in [-0.1, -0.05) is 25.1 Å². The Labute approximate surface area is 103 Å². The Kier molecular flexibility index (Phi) is 4.54. The van der Waals surface area contributed by atoms with Crippen LogP contribution in [0, 0.1) is 0 Å². The molecule has 1 atom stereocenters. The van der Waals surface area contributed by atoms with Crippen molar-refractivity contribution in [2.75, 3.05) is 20.3 Å². The van der Waals surface area contributed by atoms with Gasteiger partial charge in [0.2, 0.25) is 0 Å². The standard InChI is InChI=1S/C14H21NO2/c1-3-6-16-10-14(15-2)11-4-5-12-8-17-9-13(12)7-11/h4-5,7,14-15H,3,6,8-10H2,1-2H3. The van der Waals surface area contributed by atoms with Crippen LogP contribution in [0.3, 0.4) is 0 Å². The van der Waals surface area contributed by atoms with E-state index in [4.69, 9.17) is 9.47 Å². The highest BCUT2D eigenvalue weighted by Gasteiger charge is 2.15. The van der Waals surface area contributed by atoms with E-state index in [0.29, 0.717) is 0 Å². The molecule has 0 amide bonds. The van der Waals surface area contributed by atoms with Crippen LogP contribution in [0.25, 0.3) is 0 Å². The van der Waals surface area contributed by atoms with Crippen LogP contribution in [-0.4, -0.2) is 20.3 Å². The van der Waals surface area contributed by atoms with Crippen LogP contribution < -0.4 is 5.32 Å². The average Bonchev–Trinajstić information content (AvgIpc) is 2.82. The van der Waals surface area contributed by atoms with Crippen LogP contribution in [0.15, 0.2) is 18.2 Å². The largest absolute Gasteiger partial charge is 0.379 e. The quantitative estimate of drug-likeness (QED) is 0.768.